The standard InChI is InChI=1S/C34H44N4O4/c1-35(21-23-9-3-4-10-23)17-7-19-37-31(39)25-13-15-27-30-28(16-14-26(29(25)30)32(37)40)34(42)38(33(27)41)20-8-18-36(2)22-24-11-5-6-12-24/h13-16,23-24H,3-12,17-22H2,1-2H3. The van der Waals surface area contributed by atoms with Crippen molar-refractivity contribution < 1.29 is 19.2 Å². The van der Waals surface area contributed by atoms with E-state index in [4.69, 9.17) is 0 Å². The van der Waals surface area contributed by atoms with Crippen LogP contribution < -0.4 is 0 Å². The van der Waals surface area contributed by atoms with Crippen molar-refractivity contribution in [2.24, 2.45) is 11.8 Å². The van der Waals surface area contributed by atoms with Crippen LogP contribution in [0.25, 0.3) is 10.8 Å². The molecule has 2 aliphatic carbocycles. The molecule has 0 aromatic heterocycles. The van der Waals surface area contributed by atoms with Crippen LogP contribution in [0.1, 0.15) is 106 Å². The zero-order valence-corrected chi connectivity index (χ0v) is 25.2. The summed E-state index contributed by atoms with van der Waals surface area (Å²) in [6.45, 7) is 4.46. The summed E-state index contributed by atoms with van der Waals surface area (Å²) in [4.78, 5) is 61.5. The molecule has 0 spiro atoms. The quantitative estimate of drug-likeness (QED) is 0.331. The fourth-order valence-corrected chi connectivity index (χ4v) is 7.83. The zero-order chi connectivity index (χ0) is 29.4. The first kappa shape index (κ1) is 29.0. The summed E-state index contributed by atoms with van der Waals surface area (Å²) in [7, 11) is 4.23. The van der Waals surface area contributed by atoms with Crippen molar-refractivity contribution in [3.8, 4) is 0 Å². The molecule has 8 heteroatoms. The van der Waals surface area contributed by atoms with Crippen molar-refractivity contribution in [3.05, 3.63) is 46.5 Å². The van der Waals surface area contributed by atoms with Crippen LogP contribution in [-0.4, -0.2) is 96.6 Å². The van der Waals surface area contributed by atoms with E-state index in [-0.39, 0.29) is 23.6 Å². The number of benzene rings is 2. The van der Waals surface area contributed by atoms with E-state index in [2.05, 4.69) is 23.9 Å². The van der Waals surface area contributed by atoms with Gasteiger partial charge < -0.3 is 9.80 Å². The average molecular weight is 573 g/mol. The minimum Gasteiger partial charge on any atom is -0.306 e. The fourth-order valence-electron chi connectivity index (χ4n) is 7.83. The molecule has 2 aromatic carbocycles. The summed E-state index contributed by atoms with van der Waals surface area (Å²) < 4.78 is 0. The third kappa shape index (κ3) is 5.51. The molecule has 2 aliphatic heterocycles. The Morgan fingerprint density at radius 1 is 0.571 bits per heavy atom. The molecule has 8 nitrogen and oxygen atoms in total. The van der Waals surface area contributed by atoms with Crippen molar-refractivity contribution in [2.45, 2.75) is 64.2 Å². The Labute approximate surface area is 249 Å². The molecule has 0 atom stereocenters. The van der Waals surface area contributed by atoms with Gasteiger partial charge in [0.1, 0.15) is 0 Å². The molecular weight excluding hydrogens is 528 g/mol. The van der Waals surface area contributed by atoms with Gasteiger partial charge in [0, 0.05) is 59.2 Å². The molecule has 2 saturated carbocycles. The summed E-state index contributed by atoms with van der Waals surface area (Å²) in [5.74, 6) is 0.127. The molecule has 0 saturated heterocycles. The smallest absolute Gasteiger partial charge is 0.261 e. The first-order valence-electron chi connectivity index (χ1n) is 16.0. The van der Waals surface area contributed by atoms with Gasteiger partial charge in [0.15, 0.2) is 0 Å². The van der Waals surface area contributed by atoms with Crippen LogP contribution in [0.5, 0.6) is 0 Å². The molecular formula is C34H44N4O4. The van der Waals surface area contributed by atoms with Gasteiger partial charge in [-0.2, -0.15) is 0 Å². The van der Waals surface area contributed by atoms with Crippen molar-refractivity contribution in [1.82, 2.24) is 19.6 Å². The van der Waals surface area contributed by atoms with Crippen LogP contribution in [0.2, 0.25) is 0 Å². The third-order valence-corrected chi connectivity index (χ3v) is 10.00. The minimum absolute atomic E-state index is 0.345. The molecule has 0 bridgehead atoms. The van der Waals surface area contributed by atoms with Gasteiger partial charge in [-0.25, -0.2) is 0 Å². The Hall–Kier alpha value is -3.10. The Kier molecular flexibility index (Phi) is 8.46. The lowest BCUT2D eigenvalue weighted by molar-refractivity contribution is 0.0582. The van der Waals surface area contributed by atoms with Gasteiger partial charge in [-0.1, -0.05) is 25.7 Å². The zero-order valence-electron chi connectivity index (χ0n) is 25.2. The van der Waals surface area contributed by atoms with Gasteiger partial charge in [0.05, 0.1) is 0 Å². The minimum atomic E-state index is -0.345. The molecule has 0 N–H and O–H groups in total. The van der Waals surface area contributed by atoms with Gasteiger partial charge in [0.25, 0.3) is 23.6 Å². The number of imide groups is 2. The van der Waals surface area contributed by atoms with Crippen LogP contribution in [0.15, 0.2) is 24.3 Å². The van der Waals surface area contributed by atoms with E-state index in [1.165, 1.54) is 61.2 Å². The number of amides is 4. The summed E-state index contributed by atoms with van der Waals surface area (Å²) >= 11 is 0. The number of hydrogen-bond donors (Lipinski definition) is 0. The van der Waals surface area contributed by atoms with Crippen molar-refractivity contribution in [2.75, 3.05) is 53.4 Å². The molecule has 0 radical (unpaired) electrons. The largest absolute Gasteiger partial charge is 0.306 e. The Morgan fingerprint density at radius 3 is 1.19 bits per heavy atom. The van der Waals surface area contributed by atoms with Gasteiger partial charge in [-0.05, 0) is 102 Å². The molecule has 224 valence electrons. The van der Waals surface area contributed by atoms with E-state index in [9.17, 15) is 19.2 Å². The lowest BCUT2D eigenvalue weighted by Gasteiger charge is -2.32. The van der Waals surface area contributed by atoms with E-state index >= 15 is 0 Å². The average Bonchev–Trinajstić information content (AvgIpc) is 3.69. The first-order valence-corrected chi connectivity index (χ1v) is 16.0. The molecule has 42 heavy (non-hydrogen) atoms. The maximum atomic E-state index is 13.6. The molecule has 4 aliphatic rings. The lowest BCUT2D eigenvalue weighted by atomic mass is 9.86. The van der Waals surface area contributed by atoms with Gasteiger partial charge >= 0.3 is 0 Å². The highest BCUT2D eigenvalue weighted by molar-refractivity contribution is 6.33. The van der Waals surface area contributed by atoms with E-state index in [1.807, 2.05) is 0 Å². The van der Waals surface area contributed by atoms with Gasteiger partial charge in [-0.15, -0.1) is 0 Å². The number of carbonyl (C=O) groups excluding carboxylic acids is 4. The molecule has 0 unspecified atom stereocenters. The third-order valence-electron chi connectivity index (χ3n) is 10.00. The lowest BCUT2D eigenvalue weighted by Crippen LogP contribution is -2.44. The van der Waals surface area contributed by atoms with Crippen LogP contribution in [-0.2, 0) is 0 Å². The SMILES string of the molecule is CN(CCCN1C(=O)c2ccc3c4c(ccc(c24)C1=O)C(=O)N(CCCN(C)CC1CCCC1)C3=O)CC1CCCC1. The van der Waals surface area contributed by atoms with E-state index < -0.39 is 0 Å². The van der Waals surface area contributed by atoms with Crippen molar-refractivity contribution >= 4 is 34.4 Å². The van der Waals surface area contributed by atoms with E-state index in [0.717, 1.165) is 38.0 Å². The Balaban J connectivity index is 1.14. The fraction of sp³-hybridized carbons (Fsp3) is 0.588. The highest BCUT2D eigenvalue weighted by Crippen LogP contribution is 2.38. The molecule has 2 heterocycles. The summed E-state index contributed by atoms with van der Waals surface area (Å²) in [5.41, 5.74) is 1.58. The number of hydrogen-bond acceptors (Lipinski definition) is 6. The highest BCUT2D eigenvalue weighted by Gasteiger charge is 2.39. The second kappa shape index (κ2) is 12.3. The molecule has 2 fully saturated rings. The van der Waals surface area contributed by atoms with Crippen LogP contribution >= 0.6 is 0 Å². The van der Waals surface area contributed by atoms with Crippen LogP contribution in [0, 0.1) is 11.8 Å². The molecule has 2 aromatic rings. The maximum absolute atomic E-state index is 13.6. The summed E-state index contributed by atoms with van der Waals surface area (Å²) in [5, 5.41) is 0.902. The number of nitrogens with zero attached hydrogens (tertiary/aromatic N) is 4. The second-order valence-electron chi connectivity index (χ2n) is 13.1. The Bertz CT molecular complexity index is 1220. The first-order chi connectivity index (χ1) is 20.3. The van der Waals surface area contributed by atoms with E-state index in [0.29, 0.717) is 59.0 Å². The van der Waals surface area contributed by atoms with Gasteiger partial charge in [-0.3, -0.25) is 29.0 Å². The van der Waals surface area contributed by atoms with Gasteiger partial charge in [0.2, 0.25) is 0 Å². The maximum Gasteiger partial charge on any atom is 0.261 e. The van der Waals surface area contributed by atoms with Crippen LogP contribution in [0.3, 0.4) is 0 Å². The number of rotatable bonds is 12. The highest BCUT2D eigenvalue weighted by atomic mass is 16.2. The second-order valence-corrected chi connectivity index (χ2v) is 13.1. The van der Waals surface area contributed by atoms with Crippen molar-refractivity contribution in [1.29, 1.82) is 0 Å². The van der Waals surface area contributed by atoms with E-state index in [1.54, 1.807) is 24.3 Å². The Morgan fingerprint density at radius 2 is 0.881 bits per heavy atom. The van der Waals surface area contributed by atoms with Crippen LogP contribution in [0.4, 0.5) is 0 Å². The molecule has 4 amide bonds. The predicted octanol–water partition coefficient (Wildman–Crippen LogP) is 5.06. The topological polar surface area (TPSA) is 81.2 Å². The number of carbonyl (C=O) groups is 4. The predicted molar refractivity (Wildman–Crippen MR) is 163 cm³/mol. The normalized spacial score (nSPS) is 19.5. The van der Waals surface area contributed by atoms with Crippen molar-refractivity contribution in [3.63, 3.8) is 0 Å². The monoisotopic (exact) mass is 572 g/mol. The summed E-state index contributed by atoms with van der Waals surface area (Å²) in [6.07, 6.45) is 11.8. The summed E-state index contributed by atoms with van der Waals surface area (Å²) in [6, 6.07) is 6.67. The molecule has 6 rings (SSSR count).